The fourth-order valence-corrected chi connectivity index (χ4v) is 6.16. The second kappa shape index (κ2) is 9.14. The molecule has 0 aliphatic carbocycles. The number of carboxylic acids is 1. The topological polar surface area (TPSA) is 107 Å². The van der Waals surface area contributed by atoms with Crippen LogP contribution in [0.15, 0.2) is 12.7 Å². The molecule has 3 aliphatic rings. The van der Waals surface area contributed by atoms with E-state index < -0.39 is 41.1 Å². The highest BCUT2D eigenvalue weighted by Crippen LogP contribution is 2.63. The lowest BCUT2D eigenvalue weighted by Crippen LogP contribution is -2.60. The van der Waals surface area contributed by atoms with Gasteiger partial charge in [-0.05, 0) is 32.1 Å². The van der Waals surface area contributed by atoms with E-state index in [9.17, 15) is 24.6 Å². The standard InChI is InChI=1S/C24H38N2O6/c1-6-9-13-25(12-7-2)21(29)19-24-11-10-23(5,32-24)18(22(30)31)17(24)20(28)26(19)16(14-27)15(4)8-3/h7,15-19,27H,2,6,8-14H2,1,3-5H3,(H,30,31)/t15-,16-,17-,18+,19?,23-,24?/m0/s1. The average molecular weight is 451 g/mol. The van der Waals surface area contributed by atoms with Crippen LogP contribution in [0.2, 0.25) is 0 Å². The van der Waals surface area contributed by atoms with Crippen molar-refractivity contribution in [2.24, 2.45) is 17.8 Å². The molecule has 2 amide bonds. The van der Waals surface area contributed by atoms with E-state index in [1.54, 1.807) is 17.9 Å². The highest BCUT2D eigenvalue weighted by atomic mass is 16.5. The second-order valence-electron chi connectivity index (χ2n) is 9.87. The lowest BCUT2D eigenvalue weighted by atomic mass is 9.66. The largest absolute Gasteiger partial charge is 0.481 e. The van der Waals surface area contributed by atoms with Gasteiger partial charge in [0.05, 0.1) is 30.1 Å². The molecule has 0 aromatic heterocycles. The quantitative estimate of drug-likeness (QED) is 0.467. The summed E-state index contributed by atoms with van der Waals surface area (Å²) in [5.41, 5.74) is -2.16. The van der Waals surface area contributed by atoms with Gasteiger partial charge in [-0.3, -0.25) is 14.4 Å². The number of carbonyl (C=O) groups is 3. The summed E-state index contributed by atoms with van der Waals surface area (Å²) in [5, 5.41) is 20.3. The minimum Gasteiger partial charge on any atom is -0.481 e. The molecule has 7 atom stereocenters. The number of aliphatic carboxylic acids is 1. The number of aliphatic hydroxyl groups is 1. The van der Waals surface area contributed by atoms with Crippen molar-refractivity contribution in [3.8, 4) is 0 Å². The molecule has 3 fully saturated rings. The van der Waals surface area contributed by atoms with E-state index in [0.29, 0.717) is 32.4 Å². The lowest BCUT2D eigenvalue weighted by molar-refractivity contribution is -0.159. The molecule has 1 spiro atoms. The lowest BCUT2D eigenvalue weighted by Gasteiger charge is -2.41. The molecule has 3 rings (SSSR count). The Morgan fingerprint density at radius 2 is 2.06 bits per heavy atom. The van der Waals surface area contributed by atoms with Crippen LogP contribution in [0.3, 0.4) is 0 Å². The summed E-state index contributed by atoms with van der Waals surface area (Å²) in [6, 6.07) is -1.53. The monoisotopic (exact) mass is 450 g/mol. The molecule has 2 unspecified atom stereocenters. The number of unbranched alkanes of at least 4 members (excludes halogenated alkanes) is 1. The predicted molar refractivity (Wildman–Crippen MR) is 119 cm³/mol. The number of fused-ring (bicyclic) bond motifs is 1. The molecular weight excluding hydrogens is 412 g/mol. The van der Waals surface area contributed by atoms with Gasteiger partial charge in [0, 0.05) is 13.1 Å². The van der Waals surface area contributed by atoms with Crippen molar-refractivity contribution in [2.45, 2.75) is 83.1 Å². The minimum absolute atomic E-state index is 0.0611. The van der Waals surface area contributed by atoms with Crippen LogP contribution in [-0.2, 0) is 19.1 Å². The smallest absolute Gasteiger partial charge is 0.310 e. The van der Waals surface area contributed by atoms with E-state index in [1.807, 2.05) is 20.8 Å². The Kier molecular flexibility index (Phi) is 7.05. The zero-order valence-electron chi connectivity index (χ0n) is 19.7. The van der Waals surface area contributed by atoms with Crippen molar-refractivity contribution in [3.05, 3.63) is 12.7 Å². The number of carbonyl (C=O) groups excluding carboxylic acids is 2. The third kappa shape index (κ3) is 3.55. The number of aliphatic hydroxyl groups excluding tert-OH is 1. The van der Waals surface area contributed by atoms with Crippen molar-refractivity contribution in [1.29, 1.82) is 0 Å². The Hall–Kier alpha value is -1.93. The molecular formula is C24H38N2O6. The molecule has 2 bridgehead atoms. The molecule has 3 aliphatic heterocycles. The van der Waals surface area contributed by atoms with Gasteiger partial charge in [0.1, 0.15) is 11.6 Å². The van der Waals surface area contributed by atoms with Crippen molar-refractivity contribution in [2.75, 3.05) is 19.7 Å². The first-order valence-electron chi connectivity index (χ1n) is 11.9. The summed E-state index contributed by atoms with van der Waals surface area (Å²) >= 11 is 0. The Labute approximate surface area is 190 Å². The van der Waals surface area contributed by atoms with E-state index in [4.69, 9.17) is 4.74 Å². The van der Waals surface area contributed by atoms with Crippen molar-refractivity contribution in [3.63, 3.8) is 0 Å². The predicted octanol–water partition coefficient (Wildman–Crippen LogP) is 2.06. The van der Waals surface area contributed by atoms with Crippen LogP contribution in [0.5, 0.6) is 0 Å². The first kappa shape index (κ1) is 24.7. The fourth-order valence-electron chi connectivity index (χ4n) is 6.16. The molecule has 2 N–H and O–H groups in total. The number of rotatable bonds is 11. The van der Waals surface area contributed by atoms with Gasteiger partial charge in [-0.15, -0.1) is 6.58 Å². The van der Waals surface area contributed by atoms with Gasteiger partial charge in [0.15, 0.2) is 0 Å². The van der Waals surface area contributed by atoms with Crippen LogP contribution in [-0.4, -0.2) is 80.8 Å². The third-order valence-electron chi connectivity index (χ3n) is 8.00. The zero-order valence-corrected chi connectivity index (χ0v) is 19.7. The van der Waals surface area contributed by atoms with E-state index in [0.717, 1.165) is 12.8 Å². The van der Waals surface area contributed by atoms with Crippen LogP contribution in [0.4, 0.5) is 0 Å². The van der Waals surface area contributed by atoms with Gasteiger partial charge in [-0.2, -0.15) is 0 Å². The van der Waals surface area contributed by atoms with Gasteiger partial charge < -0.3 is 24.7 Å². The third-order valence-corrected chi connectivity index (χ3v) is 8.00. The number of carboxylic acid groups (broad SMARTS) is 1. The molecule has 3 heterocycles. The summed E-state index contributed by atoms with van der Waals surface area (Å²) in [6.07, 6.45) is 5.02. The molecule has 0 saturated carbocycles. The van der Waals surface area contributed by atoms with Gasteiger partial charge in [0.2, 0.25) is 11.8 Å². The van der Waals surface area contributed by atoms with Crippen LogP contribution >= 0.6 is 0 Å². The maximum absolute atomic E-state index is 14.0. The Bertz CT molecular complexity index is 772. The van der Waals surface area contributed by atoms with Gasteiger partial charge in [0.25, 0.3) is 0 Å². The second-order valence-corrected chi connectivity index (χ2v) is 9.87. The maximum atomic E-state index is 14.0. The van der Waals surface area contributed by atoms with E-state index in [-0.39, 0.29) is 24.3 Å². The van der Waals surface area contributed by atoms with Crippen molar-refractivity contribution >= 4 is 17.8 Å². The molecule has 8 heteroatoms. The fraction of sp³-hybridized carbons (Fsp3) is 0.792. The number of amides is 2. The molecule has 0 aromatic rings. The SMILES string of the molecule is C=CCN(CCCC)C(=O)C1N([C@@H](CO)[C@@H](C)CC)C(=O)[C@@H]2[C@H](C(=O)O)[C@]3(C)CCC12O3. The Balaban J connectivity index is 2.13. The van der Waals surface area contributed by atoms with Crippen LogP contribution in [0.1, 0.15) is 59.8 Å². The molecule has 180 valence electrons. The van der Waals surface area contributed by atoms with Gasteiger partial charge in [-0.25, -0.2) is 0 Å². The molecule has 0 radical (unpaired) electrons. The van der Waals surface area contributed by atoms with Crippen LogP contribution in [0, 0.1) is 17.8 Å². The molecule has 3 saturated heterocycles. The first-order valence-corrected chi connectivity index (χ1v) is 11.9. The minimum atomic E-state index is -1.18. The summed E-state index contributed by atoms with van der Waals surface area (Å²) < 4.78 is 6.42. The van der Waals surface area contributed by atoms with Crippen molar-refractivity contribution < 1.29 is 29.3 Å². The summed E-state index contributed by atoms with van der Waals surface area (Å²) in [6.45, 7) is 12.0. The molecule has 32 heavy (non-hydrogen) atoms. The average Bonchev–Trinajstić information content (AvgIpc) is 3.32. The van der Waals surface area contributed by atoms with Gasteiger partial charge >= 0.3 is 5.97 Å². The maximum Gasteiger partial charge on any atom is 0.310 e. The normalized spacial score (nSPS) is 35.0. The molecule has 0 aromatic carbocycles. The number of likely N-dealkylation sites (tertiary alicyclic amines) is 1. The number of ether oxygens (including phenoxy) is 1. The van der Waals surface area contributed by atoms with Crippen LogP contribution < -0.4 is 0 Å². The van der Waals surface area contributed by atoms with Crippen LogP contribution in [0.25, 0.3) is 0 Å². The summed E-state index contributed by atoms with van der Waals surface area (Å²) in [7, 11) is 0. The number of hydrogen-bond donors (Lipinski definition) is 2. The summed E-state index contributed by atoms with van der Waals surface area (Å²) in [5.74, 6) is -3.70. The Morgan fingerprint density at radius 3 is 2.59 bits per heavy atom. The molecule has 8 nitrogen and oxygen atoms in total. The highest BCUT2D eigenvalue weighted by molar-refractivity contribution is 5.98. The summed E-state index contributed by atoms with van der Waals surface area (Å²) in [4.78, 5) is 43.3. The van der Waals surface area contributed by atoms with Gasteiger partial charge in [-0.1, -0.05) is 39.7 Å². The van der Waals surface area contributed by atoms with Crippen molar-refractivity contribution in [1.82, 2.24) is 9.80 Å². The first-order chi connectivity index (χ1) is 15.1. The zero-order chi connectivity index (χ0) is 23.8. The highest BCUT2D eigenvalue weighted by Gasteiger charge is 2.79. The Morgan fingerprint density at radius 1 is 1.38 bits per heavy atom. The van der Waals surface area contributed by atoms with E-state index >= 15 is 0 Å². The number of hydrogen-bond acceptors (Lipinski definition) is 5. The van der Waals surface area contributed by atoms with E-state index in [2.05, 4.69) is 6.58 Å². The number of nitrogens with zero attached hydrogens (tertiary/aromatic N) is 2. The van der Waals surface area contributed by atoms with E-state index in [1.165, 1.54) is 4.90 Å².